The molecule has 9 nitrogen and oxygen atoms in total. The second-order valence-corrected chi connectivity index (χ2v) is 7.99. The van der Waals surface area contributed by atoms with Gasteiger partial charge in [-0.25, -0.2) is 9.59 Å². The molecule has 1 aliphatic heterocycles. The number of para-hydroxylation sites is 1. The third kappa shape index (κ3) is 7.31. The maximum atomic E-state index is 10.0. The van der Waals surface area contributed by atoms with E-state index >= 15 is 0 Å². The fraction of sp³-hybridized carbons (Fsp3) is 0.364. The van der Waals surface area contributed by atoms with Gasteiger partial charge in [0.2, 0.25) is 5.75 Å². The second kappa shape index (κ2) is 12.2. The normalized spacial score (nSPS) is 14.1. The number of methoxy groups -OCH3 is 2. The molecule has 0 aromatic heterocycles. The number of benzene rings is 2. The Labute approximate surface area is 194 Å². The molecule has 0 aliphatic carbocycles. The lowest BCUT2D eigenvalue weighted by Gasteiger charge is -2.33. The molecular formula is C22H27BrN2O7. The molecule has 2 aromatic rings. The third-order valence-corrected chi connectivity index (χ3v) is 5.64. The number of likely N-dealkylation sites (tertiary alicyclic amines) is 1. The van der Waals surface area contributed by atoms with Crippen LogP contribution in [0.3, 0.4) is 0 Å². The van der Waals surface area contributed by atoms with Gasteiger partial charge in [-0.3, -0.25) is 4.90 Å². The highest BCUT2D eigenvalue weighted by Gasteiger charge is 2.21. The van der Waals surface area contributed by atoms with Crippen LogP contribution in [0.2, 0.25) is 0 Å². The summed E-state index contributed by atoms with van der Waals surface area (Å²) < 4.78 is 11.6. The van der Waals surface area contributed by atoms with Gasteiger partial charge < -0.3 is 30.1 Å². The topological polar surface area (TPSA) is 129 Å². The highest BCUT2D eigenvalue weighted by Crippen LogP contribution is 2.37. The minimum Gasteiger partial charge on any atom is -0.502 e. The zero-order valence-electron chi connectivity index (χ0n) is 17.9. The summed E-state index contributed by atoms with van der Waals surface area (Å²) in [4.78, 5) is 20.6. The Morgan fingerprint density at radius 1 is 1.06 bits per heavy atom. The number of phenols is 1. The van der Waals surface area contributed by atoms with Crippen LogP contribution in [0.5, 0.6) is 17.2 Å². The lowest BCUT2D eigenvalue weighted by atomic mass is 10.0. The van der Waals surface area contributed by atoms with Crippen molar-refractivity contribution in [1.82, 2.24) is 4.90 Å². The van der Waals surface area contributed by atoms with Gasteiger partial charge in [-0.1, -0.05) is 12.1 Å². The predicted octanol–water partition coefficient (Wildman–Crippen LogP) is 3.40. The van der Waals surface area contributed by atoms with Crippen LogP contribution in [0.15, 0.2) is 40.9 Å². The molecular weight excluding hydrogens is 484 g/mol. The van der Waals surface area contributed by atoms with E-state index in [1.54, 1.807) is 14.2 Å². The minimum absolute atomic E-state index is 0.0510. The molecule has 0 bridgehead atoms. The second-order valence-electron chi connectivity index (χ2n) is 7.13. The van der Waals surface area contributed by atoms with Gasteiger partial charge in [-0.15, -0.1) is 0 Å². The van der Waals surface area contributed by atoms with Crippen molar-refractivity contribution in [2.75, 3.05) is 32.6 Å². The van der Waals surface area contributed by atoms with Gasteiger partial charge in [0.25, 0.3) is 0 Å². The molecule has 1 aliphatic rings. The van der Waals surface area contributed by atoms with Crippen LogP contribution < -0.4 is 14.8 Å². The maximum Gasteiger partial charge on any atom is 0.414 e. The van der Waals surface area contributed by atoms with E-state index in [0.29, 0.717) is 17.5 Å². The van der Waals surface area contributed by atoms with E-state index in [1.165, 1.54) is 0 Å². The number of ether oxygens (including phenoxy) is 2. The van der Waals surface area contributed by atoms with Crippen molar-refractivity contribution >= 4 is 33.6 Å². The summed E-state index contributed by atoms with van der Waals surface area (Å²) in [6, 6.07) is 12.5. The quantitative estimate of drug-likeness (QED) is 0.432. The first-order valence-corrected chi connectivity index (χ1v) is 10.7. The van der Waals surface area contributed by atoms with Crippen LogP contribution in [-0.4, -0.2) is 65.5 Å². The highest BCUT2D eigenvalue weighted by molar-refractivity contribution is 9.10. The molecule has 0 radical (unpaired) electrons. The Balaban J connectivity index is 0.000000534. The van der Waals surface area contributed by atoms with Crippen LogP contribution >= 0.6 is 15.9 Å². The molecule has 10 heteroatoms. The Kier molecular flexibility index (Phi) is 9.61. The van der Waals surface area contributed by atoms with Crippen molar-refractivity contribution in [2.45, 2.75) is 25.4 Å². The number of aliphatic carboxylic acids is 2. The number of carboxylic acid groups (broad SMARTS) is 2. The summed E-state index contributed by atoms with van der Waals surface area (Å²) in [5, 5.41) is 28.5. The number of carboxylic acids is 2. The van der Waals surface area contributed by atoms with Crippen molar-refractivity contribution < 1.29 is 34.4 Å². The zero-order chi connectivity index (χ0) is 23.7. The minimum atomic E-state index is -1.82. The lowest BCUT2D eigenvalue weighted by Crippen LogP contribution is -2.38. The van der Waals surface area contributed by atoms with Crippen molar-refractivity contribution in [3.05, 3.63) is 46.4 Å². The first-order valence-electron chi connectivity index (χ1n) is 9.88. The monoisotopic (exact) mass is 510 g/mol. The SMILES string of the molecule is COc1cc(CN2CCC(Nc3ccccc3Br)CC2)cc(OC)c1O.O=C(O)C(=O)O. The van der Waals surface area contributed by atoms with Crippen LogP contribution in [0.25, 0.3) is 0 Å². The fourth-order valence-electron chi connectivity index (χ4n) is 3.33. The van der Waals surface area contributed by atoms with Gasteiger partial charge in [0.15, 0.2) is 11.5 Å². The molecule has 3 rings (SSSR count). The Bertz CT molecular complexity index is 893. The molecule has 1 fully saturated rings. The average molecular weight is 511 g/mol. The Morgan fingerprint density at radius 2 is 1.59 bits per heavy atom. The summed E-state index contributed by atoms with van der Waals surface area (Å²) in [6.45, 7) is 2.86. The van der Waals surface area contributed by atoms with Crippen LogP contribution in [0, 0.1) is 0 Å². The molecule has 0 atom stereocenters. The van der Waals surface area contributed by atoms with Gasteiger partial charge in [0.05, 0.1) is 14.2 Å². The number of hydrogen-bond acceptors (Lipinski definition) is 7. The van der Waals surface area contributed by atoms with E-state index < -0.39 is 11.9 Å². The van der Waals surface area contributed by atoms with Crippen LogP contribution in [0.4, 0.5) is 5.69 Å². The summed E-state index contributed by atoms with van der Waals surface area (Å²) >= 11 is 3.60. The fourth-order valence-corrected chi connectivity index (χ4v) is 3.73. The van der Waals surface area contributed by atoms with E-state index in [0.717, 1.165) is 48.2 Å². The average Bonchev–Trinajstić information content (AvgIpc) is 2.78. The number of piperidine rings is 1. The van der Waals surface area contributed by atoms with Crippen molar-refractivity contribution in [3.63, 3.8) is 0 Å². The lowest BCUT2D eigenvalue weighted by molar-refractivity contribution is -0.159. The molecule has 0 saturated carbocycles. The molecule has 0 amide bonds. The number of nitrogens with one attached hydrogen (secondary N) is 1. The summed E-state index contributed by atoms with van der Waals surface area (Å²) in [7, 11) is 3.11. The van der Waals surface area contributed by atoms with Crippen molar-refractivity contribution in [2.24, 2.45) is 0 Å². The Hall–Kier alpha value is -2.98. The maximum absolute atomic E-state index is 10.0. The summed E-state index contributed by atoms with van der Waals surface area (Å²) in [5.74, 6) is -2.70. The van der Waals surface area contributed by atoms with E-state index in [4.69, 9.17) is 29.3 Å². The number of hydrogen-bond donors (Lipinski definition) is 4. The number of carbonyl (C=O) groups is 2. The van der Waals surface area contributed by atoms with E-state index in [9.17, 15) is 5.11 Å². The number of phenolic OH excluding ortho intramolecular Hbond substituents is 1. The van der Waals surface area contributed by atoms with Crippen molar-refractivity contribution in [3.8, 4) is 17.2 Å². The van der Waals surface area contributed by atoms with E-state index in [1.807, 2.05) is 24.3 Å². The Morgan fingerprint density at radius 3 is 2.06 bits per heavy atom. The molecule has 2 aromatic carbocycles. The molecule has 0 spiro atoms. The van der Waals surface area contributed by atoms with Gasteiger partial charge in [-0.05, 0) is 58.6 Å². The molecule has 1 saturated heterocycles. The van der Waals surface area contributed by atoms with Crippen molar-refractivity contribution in [1.29, 1.82) is 0 Å². The molecule has 0 unspecified atom stereocenters. The first kappa shape index (κ1) is 25.3. The van der Waals surface area contributed by atoms with Gasteiger partial charge >= 0.3 is 11.9 Å². The smallest absolute Gasteiger partial charge is 0.414 e. The highest BCUT2D eigenvalue weighted by atomic mass is 79.9. The molecule has 4 N–H and O–H groups in total. The number of anilines is 1. The van der Waals surface area contributed by atoms with Crippen LogP contribution in [-0.2, 0) is 16.1 Å². The van der Waals surface area contributed by atoms with Crippen LogP contribution in [0.1, 0.15) is 18.4 Å². The first-order chi connectivity index (χ1) is 15.2. The van der Waals surface area contributed by atoms with Gasteiger partial charge in [0.1, 0.15) is 0 Å². The van der Waals surface area contributed by atoms with Gasteiger partial charge in [-0.2, -0.15) is 0 Å². The molecule has 1 heterocycles. The standard InChI is InChI=1S/C20H25BrN2O3.C2H2O4/c1-25-18-11-14(12-19(26-2)20(18)24)13-23-9-7-15(8-10-23)22-17-6-4-3-5-16(17)21;3-1(4)2(5)6/h3-6,11-12,15,22,24H,7-10,13H2,1-2H3;(H,3,4)(H,5,6). The third-order valence-electron chi connectivity index (χ3n) is 4.95. The number of halogens is 1. The van der Waals surface area contributed by atoms with E-state index in [-0.39, 0.29) is 5.75 Å². The van der Waals surface area contributed by atoms with E-state index in [2.05, 4.69) is 38.3 Å². The zero-order valence-corrected chi connectivity index (χ0v) is 19.5. The number of nitrogens with zero attached hydrogens (tertiary/aromatic N) is 1. The number of aromatic hydroxyl groups is 1. The summed E-state index contributed by atoms with van der Waals surface area (Å²) in [5.41, 5.74) is 2.23. The largest absolute Gasteiger partial charge is 0.502 e. The molecule has 174 valence electrons. The predicted molar refractivity (Wildman–Crippen MR) is 123 cm³/mol. The number of rotatable bonds is 6. The van der Waals surface area contributed by atoms with Gasteiger partial charge in [0, 0.05) is 35.8 Å². The molecule has 32 heavy (non-hydrogen) atoms. The summed E-state index contributed by atoms with van der Waals surface area (Å²) in [6.07, 6.45) is 2.18.